The first kappa shape index (κ1) is 19.1. The van der Waals surface area contributed by atoms with Crippen molar-refractivity contribution in [1.82, 2.24) is 9.78 Å². The van der Waals surface area contributed by atoms with E-state index < -0.39 is 0 Å². The summed E-state index contributed by atoms with van der Waals surface area (Å²) in [4.78, 5) is 13.2. The molecule has 1 amide bonds. The quantitative estimate of drug-likeness (QED) is 0.706. The summed E-state index contributed by atoms with van der Waals surface area (Å²) >= 11 is 0. The molecule has 0 spiro atoms. The molecule has 1 aliphatic carbocycles. The molecule has 0 radical (unpaired) electrons. The number of benzene rings is 2. The lowest BCUT2D eigenvalue weighted by Crippen LogP contribution is -2.16. The Labute approximate surface area is 170 Å². The van der Waals surface area contributed by atoms with Gasteiger partial charge in [0.1, 0.15) is 0 Å². The van der Waals surface area contributed by atoms with E-state index in [2.05, 4.69) is 18.3 Å². The summed E-state index contributed by atoms with van der Waals surface area (Å²) in [6, 6.07) is 11.7. The number of anilines is 1. The number of carbonyl (C=O) groups is 1. The normalized spacial score (nSPS) is 12.6. The number of amides is 1. The van der Waals surface area contributed by atoms with Gasteiger partial charge in [-0.1, -0.05) is 18.2 Å². The van der Waals surface area contributed by atoms with Crippen molar-refractivity contribution in [3.8, 4) is 17.2 Å². The first-order valence-electron chi connectivity index (χ1n) is 9.74. The van der Waals surface area contributed by atoms with Crippen LogP contribution in [0.15, 0.2) is 36.4 Å². The number of hydrogen-bond acceptors (Lipinski definition) is 4. The fourth-order valence-corrected chi connectivity index (χ4v) is 3.92. The van der Waals surface area contributed by atoms with Crippen molar-refractivity contribution in [2.75, 3.05) is 19.5 Å². The van der Waals surface area contributed by atoms with Crippen molar-refractivity contribution < 1.29 is 14.3 Å². The Hall–Kier alpha value is -3.28. The van der Waals surface area contributed by atoms with Crippen LogP contribution in [0.5, 0.6) is 11.5 Å². The molecule has 1 heterocycles. The van der Waals surface area contributed by atoms with E-state index >= 15 is 0 Å². The Morgan fingerprint density at radius 3 is 2.48 bits per heavy atom. The molecular weight excluding hydrogens is 366 g/mol. The highest BCUT2D eigenvalue weighted by molar-refractivity contribution is 6.04. The lowest BCUT2D eigenvalue weighted by molar-refractivity contribution is 0.102. The second kappa shape index (κ2) is 7.62. The first-order chi connectivity index (χ1) is 14.0. The minimum atomic E-state index is -0.203. The Morgan fingerprint density at radius 2 is 1.76 bits per heavy atom. The zero-order valence-corrected chi connectivity index (χ0v) is 17.2. The predicted octanol–water partition coefficient (Wildman–Crippen LogP) is 4.25. The largest absolute Gasteiger partial charge is 0.493 e. The number of fused-ring (bicyclic) bond motifs is 1. The summed E-state index contributed by atoms with van der Waals surface area (Å²) < 4.78 is 12.6. The molecule has 1 aliphatic rings. The summed E-state index contributed by atoms with van der Waals surface area (Å²) in [5, 5.41) is 7.72. The fourth-order valence-electron chi connectivity index (χ4n) is 3.92. The van der Waals surface area contributed by atoms with Crippen LogP contribution in [0.2, 0.25) is 0 Å². The molecule has 0 saturated heterocycles. The maximum atomic E-state index is 13.2. The van der Waals surface area contributed by atoms with Gasteiger partial charge in [-0.2, -0.15) is 5.10 Å². The second-order valence-corrected chi connectivity index (χ2v) is 7.30. The van der Waals surface area contributed by atoms with Crippen LogP contribution in [0, 0.1) is 13.8 Å². The van der Waals surface area contributed by atoms with E-state index in [9.17, 15) is 4.79 Å². The highest BCUT2D eigenvalue weighted by Crippen LogP contribution is 2.34. The van der Waals surface area contributed by atoms with E-state index in [4.69, 9.17) is 14.6 Å². The SMILES string of the molecule is COc1cc(C)c(NC(=O)c2nn(-c3ccccc3C)c3c2CCC3)cc1OC. The Balaban J connectivity index is 1.71. The number of nitrogens with zero attached hydrogens (tertiary/aromatic N) is 2. The molecule has 0 fully saturated rings. The molecule has 150 valence electrons. The minimum absolute atomic E-state index is 0.203. The number of aromatic nitrogens is 2. The van der Waals surface area contributed by atoms with Crippen LogP contribution < -0.4 is 14.8 Å². The number of ether oxygens (including phenoxy) is 2. The maximum absolute atomic E-state index is 13.2. The van der Waals surface area contributed by atoms with Crippen LogP contribution in [0.1, 0.15) is 39.3 Å². The predicted molar refractivity (Wildman–Crippen MR) is 113 cm³/mol. The van der Waals surface area contributed by atoms with Gasteiger partial charge in [0.25, 0.3) is 5.91 Å². The summed E-state index contributed by atoms with van der Waals surface area (Å²) in [5.41, 5.74) is 6.41. The van der Waals surface area contributed by atoms with Crippen molar-refractivity contribution in [3.05, 3.63) is 64.5 Å². The van der Waals surface area contributed by atoms with Crippen molar-refractivity contribution in [1.29, 1.82) is 0 Å². The number of aryl methyl sites for hydroxylation is 2. The van der Waals surface area contributed by atoms with Gasteiger partial charge in [0.15, 0.2) is 17.2 Å². The van der Waals surface area contributed by atoms with Crippen LogP contribution in [-0.2, 0) is 12.8 Å². The van der Waals surface area contributed by atoms with Gasteiger partial charge in [0.2, 0.25) is 0 Å². The third-order valence-electron chi connectivity index (χ3n) is 5.47. The van der Waals surface area contributed by atoms with Gasteiger partial charge in [0.05, 0.1) is 19.9 Å². The average molecular weight is 391 g/mol. The van der Waals surface area contributed by atoms with Gasteiger partial charge < -0.3 is 14.8 Å². The number of para-hydroxylation sites is 1. The van der Waals surface area contributed by atoms with E-state index in [1.54, 1.807) is 20.3 Å². The average Bonchev–Trinajstić information content (AvgIpc) is 3.32. The Kier molecular flexibility index (Phi) is 5.01. The van der Waals surface area contributed by atoms with Gasteiger partial charge in [0, 0.05) is 23.0 Å². The number of nitrogens with one attached hydrogen (secondary N) is 1. The Morgan fingerprint density at radius 1 is 1.03 bits per heavy atom. The van der Waals surface area contributed by atoms with Crippen LogP contribution in [0.3, 0.4) is 0 Å². The van der Waals surface area contributed by atoms with E-state index in [-0.39, 0.29) is 5.91 Å². The van der Waals surface area contributed by atoms with Gasteiger partial charge >= 0.3 is 0 Å². The zero-order chi connectivity index (χ0) is 20.5. The molecule has 2 aromatic carbocycles. The standard InChI is InChI=1S/C23H25N3O3/c1-14-8-5-6-10-18(14)26-19-11-7-9-16(19)22(25-26)23(27)24-17-13-21(29-4)20(28-3)12-15(17)2/h5-6,8,10,12-13H,7,9,11H2,1-4H3,(H,24,27). The van der Waals surface area contributed by atoms with Gasteiger partial charge in [-0.25, -0.2) is 4.68 Å². The molecule has 0 saturated carbocycles. The number of methoxy groups -OCH3 is 2. The molecule has 0 atom stereocenters. The lowest BCUT2D eigenvalue weighted by Gasteiger charge is -2.13. The van der Waals surface area contributed by atoms with E-state index in [0.717, 1.165) is 47.3 Å². The summed E-state index contributed by atoms with van der Waals surface area (Å²) in [7, 11) is 3.17. The second-order valence-electron chi connectivity index (χ2n) is 7.30. The van der Waals surface area contributed by atoms with Crippen molar-refractivity contribution in [2.45, 2.75) is 33.1 Å². The summed E-state index contributed by atoms with van der Waals surface area (Å²) in [5.74, 6) is 1.00. The zero-order valence-electron chi connectivity index (χ0n) is 17.2. The molecule has 4 rings (SSSR count). The van der Waals surface area contributed by atoms with Crippen molar-refractivity contribution in [2.24, 2.45) is 0 Å². The van der Waals surface area contributed by atoms with Crippen molar-refractivity contribution in [3.63, 3.8) is 0 Å². The van der Waals surface area contributed by atoms with Crippen LogP contribution in [0.25, 0.3) is 5.69 Å². The number of rotatable bonds is 5. The molecule has 29 heavy (non-hydrogen) atoms. The van der Waals surface area contributed by atoms with Gasteiger partial charge in [-0.05, 0) is 56.4 Å². The van der Waals surface area contributed by atoms with Crippen LogP contribution in [-0.4, -0.2) is 29.9 Å². The van der Waals surface area contributed by atoms with Gasteiger partial charge in [-0.3, -0.25) is 4.79 Å². The minimum Gasteiger partial charge on any atom is -0.493 e. The topological polar surface area (TPSA) is 65.4 Å². The number of carbonyl (C=O) groups excluding carboxylic acids is 1. The molecule has 3 aromatic rings. The molecule has 0 bridgehead atoms. The third kappa shape index (κ3) is 3.35. The van der Waals surface area contributed by atoms with E-state index in [1.165, 1.54) is 0 Å². The molecule has 0 unspecified atom stereocenters. The molecule has 6 nitrogen and oxygen atoms in total. The first-order valence-corrected chi connectivity index (χ1v) is 9.74. The molecule has 6 heteroatoms. The molecule has 1 N–H and O–H groups in total. The summed E-state index contributed by atoms with van der Waals surface area (Å²) in [6.45, 7) is 3.99. The molecule has 1 aromatic heterocycles. The molecular formula is C23H25N3O3. The molecule has 0 aliphatic heterocycles. The van der Waals surface area contributed by atoms with Crippen LogP contribution in [0.4, 0.5) is 5.69 Å². The monoisotopic (exact) mass is 391 g/mol. The highest BCUT2D eigenvalue weighted by Gasteiger charge is 2.27. The van der Waals surface area contributed by atoms with Gasteiger partial charge in [-0.15, -0.1) is 0 Å². The highest BCUT2D eigenvalue weighted by atomic mass is 16.5. The maximum Gasteiger partial charge on any atom is 0.276 e. The number of hydrogen-bond donors (Lipinski definition) is 1. The fraction of sp³-hybridized carbons (Fsp3) is 0.304. The third-order valence-corrected chi connectivity index (χ3v) is 5.47. The van der Waals surface area contributed by atoms with Crippen LogP contribution >= 0.6 is 0 Å². The smallest absolute Gasteiger partial charge is 0.276 e. The van der Waals surface area contributed by atoms with E-state index in [1.807, 2.05) is 35.9 Å². The lowest BCUT2D eigenvalue weighted by atomic mass is 10.1. The summed E-state index contributed by atoms with van der Waals surface area (Å²) in [6.07, 6.45) is 2.84. The van der Waals surface area contributed by atoms with Crippen molar-refractivity contribution >= 4 is 11.6 Å². The Bertz CT molecular complexity index is 1090. The van der Waals surface area contributed by atoms with E-state index in [0.29, 0.717) is 22.9 Å².